The number of aryl methyl sites for hydroxylation is 1. The summed E-state index contributed by atoms with van der Waals surface area (Å²) in [6.45, 7) is 2.65. The molecular weight excluding hydrogens is 188 g/mol. The van der Waals surface area contributed by atoms with Gasteiger partial charge >= 0.3 is 0 Å². The predicted octanol–water partition coefficient (Wildman–Crippen LogP) is 2.49. The Hall–Kier alpha value is -1.77. The molecule has 2 rings (SSSR count). The normalized spacial score (nSPS) is 10.3. The van der Waals surface area contributed by atoms with E-state index in [1.807, 2.05) is 49.0 Å². The minimum absolute atomic E-state index is 0.668. The van der Waals surface area contributed by atoms with E-state index in [4.69, 9.17) is 4.74 Å². The zero-order chi connectivity index (χ0) is 10.7. The molecule has 0 aliphatic heterocycles. The van der Waals surface area contributed by atoms with Gasteiger partial charge in [0.25, 0.3) is 0 Å². The maximum absolute atomic E-state index is 5.56. The van der Waals surface area contributed by atoms with Crippen LogP contribution in [0.1, 0.15) is 6.92 Å². The average Bonchev–Trinajstić information content (AvgIpc) is 2.66. The zero-order valence-electron chi connectivity index (χ0n) is 8.97. The molecule has 3 heteroatoms. The lowest BCUT2D eigenvalue weighted by Crippen LogP contribution is -1.97. The second kappa shape index (κ2) is 4.17. The summed E-state index contributed by atoms with van der Waals surface area (Å²) >= 11 is 0. The molecule has 0 unspecified atom stereocenters. The molecule has 0 aliphatic rings. The van der Waals surface area contributed by atoms with Gasteiger partial charge < -0.3 is 9.30 Å². The highest BCUT2D eigenvalue weighted by Crippen LogP contribution is 2.27. The first-order chi connectivity index (χ1) is 7.33. The topological polar surface area (TPSA) is 27.1 Å². The van der Waals surface area contributed by atoms with Crippen LogP contribution in [0.25, 0.3) is 11.4 Å². The van der Waals surface area contributed by atoms with Crippen molar-refractivity contribution in [2.45, 2.75) is 6.92 Å². The molecule has 0 saturated heterocycles. The maximum Gasteiger partial charge on any atom is 0.143 e. The van der Waals surface area contributed by atoms with E-state index in [-0.39, 0.29) is 0 Å². The van der Waals surface area contributed by atoms with E-state index in [2.05, 4.69) is 4.98 Å². The Morgan fingerprint density at radius 1 is 1.33 bits per heavy atom. The number of hydrogen-bond acceptors (Lipinski definition) is 2. The Kier molecular flexibility index (Phi) is 2.72. The molecule has 0 N–H and O–H groups in total. The summed E-state index contributed by atoms with van der Waals surface area (Å²) in [6.07, 6.45) is 3.72. The fraction of sp³-hybridized carbons (Fsp3) is 0.250. The van der Waals surface area contributed by atoms with Gasteiger partial charge in [-0.25, -0.2) is 4.98 Å². The number of aromatic nitrogens is 2. The van der Waals surface area contributed by atoms with Gasteiger partial charge in [0.2, 0.25) is 0 Å². The zero-order valence-corrected chi connectivity index (χ0v) is 8.97. The van der Waals surface area contributed by atoms with Gasteiger partial charge in [0, 0.05) is 19.4 Å². The number of rotatable bonds is 3. The number of ether oxygens (including phenoxy) is 1. The lowest BCUT2D eigenvalue weighted by Gasteiger charge is -2.09. The second-order valence-corrected chi connectivity index (χ2v) is 3.29. The van der Waals surface area contributed by atoms with Crippen LogP contribution in [-0.2, 0) is 7.05 Å². The summed E-state index contributed by atoms with van der Waals surface area (Å²) in [7, 11) is 1.98. The van der Waals surface area contributed by atoms with E-state index in [1.165, 1.54) is 0 Å². The van der Waals surface area contributed by atoms with Crippen LogP contribution in [0.15, 0.2) is 36.7 Å². The van der Waals surface area contributed by atoms with Crippen LogP contribution in [0.5, 0.6) is 5.75 Å². The molecule has 0 fully saturated rings. The third kappa shape index (κ3) is 1.86. The smallest absolute Gasteiger partial charge is 0.143 e. The van der Waals surface area contributed by atoms with E-state index >= 15 is 0 Å². The maximum atomic E-state index is 5.56. The summed E-state index contributed by atoms with van der Waals surface area (Å²) in [4.78, 5) is 4.31. The monoisotopic (exact) mass is 202 g/mol. The van der Waals surface area contributed by atoms with Crippen molar-refractivity contribution in [1.82, 2.24) is 9.55 Å². The van der Waals surface area contributed by atoms with E-state index in [1.54, 1.807) is 6.20 Å². The third-order valence-corrected chi connectivity index (χ3v) is 2.25. The summed E-state index contributed by atoms with van der Waals surface area (Å²) in [6, 6.07) is 7.95. The molecule has 0 amide bonds. The van der Waals surface area contributed by atoms with Gasteiger partial charge in [0.15, 0.2) is 0 Å². The quantitative estimate of drug-likeness (QED) is 0.764. The molecule has 0 atom stereocenters. The fourth-order valence-corrected chi connectivity index (χ4v) is 1.56. The molecule has 2 aromatic rings. The first-order valence-corrected chi connectivity index (χ1v) is 5.02. The molecule has 0 spiro atoms. The minimum Gasteiger partial charge on any atom is -0.493 e. The van der Waals surface area contributed by atoms with Crippen molar-refractivity contribution in [3.8, 4) is 17.1 Å². The van der Waals surface area contributed by atoms with Gasteiger partial charge in [-0.15, -0.1) is 0 Å². The van der Waals surface area contributed by atoms with Gasteiger partial charge in [-0.2, -0.15) is 0 Å². The van der Waals surface area contributed by atoms with Crippen LogP contribution in [0.4, 0.5) is 0 Å². The van der Waals surface area contributed by atoms with E-state index in [0.717, 1.165) is 17.1 Å². The van der Waals surface area contributed by atoms with Crippen molar-refractivity contribution in [3.05, 3.63) is 36.7 Å². The Labute approximate surface area is 89.3 Å². The molecule has 1 aromatic carbocycles. The van der Waals surface area contributed by atoms with Crippen LogP contribution in [0.3, 0.4) is 0 Å². The van der Waals surface area contributed by atoms with Crippen molar-refractivity contribution in [1.29, 1.82) is 0 Å². The average molecular weight is 202 g/mol. The van der Waals surface area contributed by atoms with Crippen LogP contribution in [0.2, 0.25) is 0 Å². The summed E-state index contributed by atoms with van der Waals surface area (Å²) in [5.41, 5.74) is 1.03. The van der Waals surface area contributed by atoms with Crippen molar-refractivity contribution in [2.75, 3.05) is 6.61 Å². The molecule has 1 heterocycles. The van der Waals surface area contributed by atoms with Gasteiger partial charge in [-0.3, -0.25) is 0 Å². The molecule has 3 nitrogen and oxygen atoms in total. The van der Waals surface area contributed by atoms with Crippen LogP contribution in [-0.4, -0.2) is 16.2 Å². The molecule has 15 heavy (non-hydrogen) atoms. The molecule has 0 aliphatic carbocycles. The highest BCUT2D eigenvalue weighted by Gasteiger charge is 2.08. The lowest BCUT2D eigenvalue weighted by atomic mass is 10.2. The van der Waals surface area contributed by atoms with Gasteiger partial charge in [0.1, 0.15) is 11.6 Å². The second-order valence-electron chi connectivity index (χ2n) is 3.29. The summed E-state index contributed by atoms with van der Waals surface area (Å²) in [5, 5.41) is 0. The van der Waals surface area contributed by atoms with Crippen LogP contribution < -0.4 is 4.74 Å². The Bertz CT molecular complexity index is 448. The number of benzene rings is 1. The predicted molar refractivity (Wildman–Crippen MR) is 59.8 cm³/mol. The van der Waals surface area contributed by atoms with E-state index in [0.29, 0.717) is 6.61 Å². The largest absolute Gasteiger partial charge is 0.493 e. The number of hydrogen-bond donors (Lipinski definition) is 0. The summed E-state index contributed by atoms with van der Waals surface area (Å²) in [5.74, 6) is 1.81. The van der Waals surface area contributed by atoms with E-state index in [9.17, 15) is 0 Å². The van der Waals surface area contributed by atoms with Crippen molar-refractivity contribution in [3.63, 3.8) is 0 Å². The molecule has 0 radical (unpaired) electrons. The first kappa shape index (κ1) is 9.77. The fourth-order valence-electron chi connectivity index (χ4n) is 1.56. The number of imidazole rings is 1. The molecule has 78 valence electrons. The highest BCUT2D eigenvalue weighted by molar-refractivity contribution is 5.64. The number of para-hydroxylation sites is 1. The molecule has 1 aromatic heterocycles. The first-order valence-electron chi connectivity index (χ1n) is 5.02. The Morgan fingerprint density at radius 2 is 2.13 bits per heavy atom. The molecular formula is C12H14N2O. The highest BCUT2D eigenvalue weighted by atomic mass is 16.5. The Morgan fingerprint density at radius 3 is 2.80 bits per heavy atom. The van der Waals surface area contributed by atoms with Crippen molar-refractivity contribution in [2.24, 2.45) is 7.05 Å². The van der Waals surface area contributed by atoms with Crippen LogP contribution >= 0.6 is 0 Å². The Balaban J connectivity index is 2.48. The molecule has 0 bridgehead atoms. The van der Waals surface area contributed by atoms with Crippen LogP contribution in [0, 0.1) is 0 Å². The SMILES string of the molecule is CCOc1ccccc1-c1nccn1C. The van der Waals surface area contributed by atoms with E-state index < -0.39 is 0 Å². The van der Waals surface area contributed by atoms with Gasteiger partial charge in [-0.05, 0) is 19.1 Å². The lowest BCUT2D eigenvalue weighted by molar-refractivity contribution is 0.341. The standard InChI is InChI=1S/C12H14N2O/c1-3-15-11-7-5-4-6-10(11)12-13-8-9-14(12)2/h4-9H,3H2,1-2H3. The summed E-state index contributed by atoms with van der Waals surface area (Å²) < 4.78 is 7.55. The van der Waals surface area contributed by atoms with Crippen molar-refractivity contribution < 1.29 is 4.74 Å². The third-order valence-electron chi connectivity index (χ3n) is 2.25. The van der Waals surface area contributed by atoms with Gasteiger partial charge in [0.05, 0.1) is 12.2 Å². The van der Waals surface area contributed by atoms with Gasteiger partial charge in [-0.1, -0.05) is 12.1 Å². The minimum atomic E-state index is 0.668. The molecule has 0 saturated carbocycles. The van der Waals surface area contributed by atoms with Crippen molar-refractivity contribution >= 4 is 0 Å². The number of nitrogens with zero attached hydrogens (tertiary/aromatic N) is 2.